The first-order valence-electron chi connectivity index (χ1n) is 4.36. The lowest BCUT2D eigenvalue weighted by molar-refractivity contribution is -0.147. The Labute approximate surface area is 91.3 Å². The number of carboxylic acid groups (broad SMARTS) is 1. The molecule has 1 aromatic rings. The van der Waals surface area contributed by atoms with Gasteiger partial charge in [-0.25, -0.2) is 4.79 Å². The summed E-state index contributed by atoms with van der Waals surface area (Å²) >= 11 is 0. The average molecular weight is 219 g/mol. The quantitative estimate of drug-likeness (QED) is 0.607. The van der Waals surface area contributed by atoms with E-state index >= 15 is 0 Å². The van der Waals surface area contributed by atoms with E-state index in [2.05, 4.69) is 5.32 Å². The molecule has 0 atom stereocenters. The van der Waals surface area contributed by atoms with Gasteiger partial charge < -0.3 is 16.2 Å². The third-order valence-electron chi connectivity index (χ3n) is 1.92. The number of amides is 1. The van der Waals surface area contributed by atoms with E-state index in [1.54, 1.807) is 12.1 Å². The highest BCUT2D eigenvalue weighted by molar-refractivity contribution is 6.36. The maximum Gasteiger partial charge on any atom is 0.394 e. The Hall–Kier alpha value is -2.39. The number of rotatable bonds is 2. The third kappa shape index (κ3) is 2.34. The zero-order valence-electron chi connectivity index (χ0n) is 8.23. The fourth-order valence-corrected chi connectivity index (χ4v) is 1.18. The first-order valence-corrected chi connectivity index (χ1v) is 4.36. The van der Waals surface area contributed by atoms with Crippen molar-refractivity contribution in [2.75, 3.05) is 5.32 Å². The van der Waals surface area contributed by atoms with Crippen molar-refractivity contribution in [1.29, 1.82) is 5.26 Å². The van der Waals surface area contributed by atoms with E-state index in [9.17, 15) is 9.59 Å². The number of nitriles is 1. The Morgan fingerprint density at radius 1 is 1.50 bits per heavy atom. The van der Waals surface area contributed by atoms with Crippen LogP contribution in [-0.2, 0) is 16.1 Å². The monoisotopic (exact) mass is 219 g/mol. The number of nitrogens with one attached hydrogen (secondary N) is 1. The molecule has 1 amide bonds. The summed E-state index contributed by atoms with van der Waals surface area (Å²) in [6.45, 7) is 0.139. The van der Waals surface area contributed by atoms with Gasteiger partial charge in [0.2, 0.25) is 0 Å². The van der Waals surface area contributed by atoms with E-state index in [0.29, 0.717) is 5.56 Å². The number of nitrogens with zero attached hydrogens (tertiary/aromatic N) is 1. The van der Waals surface area contributed by atoms with Gasteiger partial charge >= 0.3 is 11.9 Å². The van der Waals surface area contributed by atoms with Gasteiger partial charge in [-0.2, -0.15) is 5.26 Å². The third-order valence-corrected chi connectivity index (χ3v) is 1.92. The molecule has 4 N–H and O–H groups in total. The highest BCUT2D eigenvalue weighted by atomic mass is 16.4. The zero-order chi connectivity index (χ0) is 12.1. The summed E-state index contributed by atoms with van der Waals surface area (Å²) in [6, 6.07) is 6.53. The molecule has 0 aliphatic heterocycles. The molecule has 0 bridgehead atoms. The van der Waals surface area contributed by atoms with Crippen LogP contribution in [0.1, 0.15) is 11.1 Å². The molecule has 0 fully saturated rings. The molecule has 1 aromatic carbocycles. The van der Waals surface area contributed by atoms with Crippen LogP contribution in [0.5, 0.6) is 0 Å². The molecule has 6 nitrogen and oxygen atoms in total. The van der Waals surface area contributed by atoms with Crippen LogP contribution < -0.4 is 11.1 Å². The van der Waals surface area contributed by atoms with E-state index in [-0.39, 0.29) is 17.8 Å². The molecular weight excluding hydrogens is 210 g/mol. The van der Waals surface area contributed by atoms with Crippen LogP contribution in [0.25, 0.3) is 0 Å². The van der Waals surface area contributed by atoms with Crippen LogP contribution in [0.4, 0.5) is 5.69 Å². The van der Waals surface area contributed by atoms with Gasteiger partial charge in [0.25, 0.3) is 0 Å². The van der Waals surface area contributed by atoms with Crippen molar-refractivity contribution < 1.29 is 14.7 Å². The van der Waals surface area contributed by atoms with Gasteiger partial charge in [-0.3, -0.25) is 4.79 Å². The Bertz CT molecular complexity index is 477. The SMILES string of the molecule is N#Cc1c(CN)cccc1NC(=O)C(=O)O. The molecule has 0 heterocycles. The summed E-state index contributed by atoms with van der Waals surface area (Å²) in [7, 11) is 0. The zero-order valence-corrected chi connectivity index (χ0v) is 8.23. The maximum absolute atomic E-state index is 10.9. The Balaban J connectivity index is 3.10. The largest absolute Gasteiger partial charge is 0.474 e. The van der Waals surface area contributed by atoms with Crippen LogP contribution >= 0.6 is 0 Å². The second-order valence-electron chi connectivity index (χ2n) is 2.91. The van der Waals surface area contributed by atoms with Gasteiger partial charge in [-0.15, -0.1) is 0 Å². The molecule has 0 saturated heterocycles. The first-order chi connectivity index (χ1) is 7.60. The fraction of sp³-hybridized carbons (Fsp3) is 0.100. The maximum atomic E-state index is 10.9. The summed E-state index contributed by atoms with van der Waals surface area (Å²) in [4.78, 5) is 21.3. The van der Waals surface area contributed by atoms with Gasteiger partial charge in [0.15, 0.2) is 0 Å². The minimum atomic E-state index is -1.61. The van der Waals surface area contributed by atoms with Crippen LogP contribution in [0.2, 0.25) is 0 Å². The van der Waals surface area contributed by atoms with Gasteiger partial charge in [0.1, 0.15) is 6.07 Å². The number of hydrogen-bond acceptors (Lipinski definition) is 4. The van der Waals surface area contributed by atoms with E-state index < -0.39 is 11.9 Å². The molecule has 0 unspecified atom stereocenters. The second kappa shape index (κ2) is 4.91. The lowest BCUT2D eigenvalue weighted by Crippen LogP contribution is -2.22. The summed E-state index contributed by atoms with van der Waals surface area (Å²) < 4.78 is 0. The van der Waals surface area contributed by atoms with Gasteiger partial charge in [0.05, 0.1) is 11.3 Å². The number of aliphatic carboxylic acids is 1. The predicted molar refractivity (Wildman–Crippen MR) is 55.3 cm³/mol. The molecule has 0 spiro atoms. The molecule has 0 aromatic heterocycles. The highest BCUT2D eigenvalue weighted by Gasteiger charge is 2.14. The summed E-state index contributed by atoms with van der Waals surface area (Å²) in [5, 5.41) is 19.4. The molecule has 0 aliphatic carbocycles. The predicted octanol–water partition coefficient (Wildman–Crippen LogP) is 0.0401. The fourth-order valence-electron chi connectivity index (χ4n) is 1.18. The van der Waals surface area contributed by atoms with Crippen molar-refractivity contribution in [3.05, 3.63) is 29.3 Å². The van der Waals surface area contributed by atoms with E-state index in [1.165, 1.54) is 6.07 Å². The van der Waals surface area contributed by atoms with Crippen LogP contribution in [0.3, 0.4) is 0 Å². The molecule has 82 valence electrons. The summed E-state index contributed by atoms with van der Waals surface area (Å²) in [6.07, 6.45) is 0. The minimum Gasteiger partial charge on any atom is -0.474 e. The number of nitrogens with two attached hydrogens (primary N) is 1. The molecule has 1 rings (SSSR count). The standard InChI is InChI=1S/C10H9N3O3/c11-4-6-2-1-3-8(7(6)5-12)13-9(14)10(15)16/h1-3H,4,11H2,(H,13,14)(H,15,16). The highest BCUT2D eigenvalue weighted by Crippen LogP contribution is 2.18. The summed E-state index contributed by atoms with van der Waals surface area (Å²) in [5.41, 5.74) is 6.28. The number of carbonyl (C=O) groups is 2. The second-order valence-corrected chi connectivity index (χ2v) is 2.91. The first kappa shape index (κ1) is 11.7. The molecule has 0 saturated carbocycles. The molecule has 6 heteroatoms. The Kier molecular flexibility index (Phi) is 3.58. The van der Waals surface area contributed by atoms with Crippen molar-refractivity contribution in [3.8, 4) is 6.07 Å². The molecule has 0 aliphatic rings. The number of carboxylic acids is 1. The van der Waals surface area contributed by atoms with Crippen LogP contribution in [-0.4, -0.2) is 17.0 Å². The van der Waals surface area contributed by atoms with Crippen LogP contribution in [0, 0.1) is 11.3 Å². The van der Waals surface area contributed by atoms with Crippen LogP contribution in [0.15, 0.2) is 18.2 Å². The minimum absolute atomic E-state index is 0.139. The van der Waals surface area contributed by atoms with E-state index in [1.807, 2.05) is 6.07 Å². The number of anilines is 1. The van der Waals surface area contributed by atoms with Crippen molar-refractivity contribution in [2.24, 2.45) is 5.73 Å². The van der Waals surface area contributed by atoms with Crippen molar-refractivity contribution in [1.82, 2.24) is 0 Å². The van der Waals surface area contributed by atoms with Crippen molar-refractivity contribution in [2.45, 2.75) is 6.54 Å². The Morgan fingerprint density at radius 3 is 2.69 bits per heavy atom. The van der Waals surface area contributed by atoms with E-state index in [4.69, 9.17) is 16.1 Å². The topological polar surface area (TPSA) is 116 Å². The molecule has 0 radical (unpaired) electrons. The van der Waals surface area contributed by atoms with Gasteiger partial charge in [-0.1, -0.05) is 12.1 Å². The smallest absolute Gasteiger partial charge is 0.394 e. The van der Waals surface area contributed by atoms with E-state index in [0.717, 1.165) is 0 Å². The van der Waals surface area contributed by atoms with Gasteiger partial charge in [-0.05, 0) is 11.6 Å². The Morgan fingerprint density at radius 2 is 2.19 bits per heavy atom. The normalized spacial score (nSPS) is 9.25. The average Bonchev–Trinajstić information content (AvgIpc) is 2.28. The number of carbonyl (C=O) groups excluding carboxylic acids is 1. The summed E-state index contributed by atoms with van der Waals surface area (Å²) in [5.74, 6) is -2.80. The lowest BCUT2D eigenvalue weighted by Gasteiger charge is -2.07. The lowest BCUT2D eigenvalue weighted by atomic mass is 10.1. The van der Waals surface area contributed by atoms with Crippen molar-refractivity contribution in [3.63, 3.8) is 0 Å². The number of hydrogen-bond donors (Lipinski definition) is 3. The van der Waals surface area contributed by atoms with Crippen molar-refractivity contribution >= 4 is 17.6 Å². The molecule has 16 heavy (non-hydrogen) atoms. The number of benzene rings is 1. The molecular formula is C10H9N3O3. The van der Waals surface area contributed by atoms with Gasteiger partial charge in [0, 0.05) is 6.54 Å².